The summed E-state index contributed by atoms with van der Waals surface area (Å²) in [5.41, 5.74) is -0.383. The van der Waals surface area contributed by atoms with Crippen molar-refractivity contribution in [3.8, 4) is 0 Å². The van der Waals surface area contributed by atoms with Crippen molar-refractivity contribution in [1.82, 2.24) is 4.90 Å². The monoisotopic (exact) mass is 364 g/mol. The van der Waals surface area contributed by atoms with Gasteiger partial charge in [-0.3, -0.25) is 0 Å². The fourth-order valence-corrected chi connectivity index (χ4v) is 6.08. The summed E-state index contributed by atoms with van der Waals surface area (Å²) in [4.78, 5) is 7.46. The van der Waals surface area contributed by atoms with Crippen LogP contribution in [0, 0.1) is 23.2 Å². The van der Waals surface area contributed by atoms with Crippen LogP contribution in [0.2, 0.25) is 0 Å². The minimum atomic E-state index is -0.447. The Balaban J connectivity index is 1.52. The van der Waals surface area contributed by atoms with Crippen molar-refractivity contribution >= 4 is 6.21 Å². The molecule has 0 spiro atoms. The highest BCUT2D eigenvalue weighted by atomic mass is 16.6. The van der Waals surface area contributed by atoms with Crippen LogP contribution in [0.3, 0.4) is 0 Å². The second kappa shape index (κ2) is 8.60. The Bertz CT molecular complexity index is 475. The van der Waals surface area contributed by atoms with E-state index in [1.807, 2.05) is 20.3 Å². The van der Waals surface area contributed by atoms with Gasteiger partial charge in [0.15, 0.2) is 0 Å². The minimum Gasteiger partial charge on any atom is -0.395 e. The maximum Gasteiger partial charge on any atom is 0.129 e. The molecule has 3 saturated carbocycles. The van der Waals surface area contributed by atoms with Crippen molar-refractivity contribution in [2.45, 2.75) is 83.2 Å². The van der Waals surface area contributed by atoms with Crippen LogP contribution in [0.1, 0.15) is 77.6 Å². The number of nitrogens with zero attached hydrogens (tertiary/aromatic N) is 2. The standard InChI is InChI=1S/C22H40N2O2/c1-21-12-9-19(18-7-5-4-6-8-18)17-22(21,25)13-10-20(21)11-14-23-26-16-15-24(2)3/h14,18-20,25H,4-13,15-17H2,1-3H3/b23-14-/t19-,20+,21+,22-/m0/s1. The van der Waals surface area contributed by atoms with Gasteiger partial charge < -0.3 is 14.8 Å². The van der Waals surface area contributed by atoms with Crippen molar-refractivity contribution in [3.63, 3.8) is 0 Å². The SMILES string of the molecule is CN(C)CCO/N=C\C[C@H]1CC[C@]2(O)C[C@@H](C3CCCCC3)CC[C@]12C. The van der Waals surface area contributed by atoms with Crippen LogP contribution in [-0.4, -0.2) is 49.1 Å². The van der Waals surface area contributed by atoms with Crippen LogP contribution in [0.4, 0.5) is 0 Å². The highest BCUT2D eigenvalue weighted by Crippen LogP contribution is 2.61. The quantitative estimate of drug-likeness (QED) is 0.412. The summed E-state index contributed by atoms with van der Waals surface area (Å²) in [5, 5.41) is 15.7. The second-order valence-corrected chi connectivity index (χ2v) is 9.75. The van der Waals surface area contributed by atoms with Crippen molar-refractivity contribution < 1.29 is 9.94 Å². The molecule has 0 unspecified atom stereocenters. The van der Waals surface area contributed by atoms with Gasteiger partial charge in [0.2, 0.25) is 0 Å². The van der Waals surface area contributed by atoms with Crippen LogP contribution in [0.15, 0.2) is 5.16 Å². The smallest absolute Gasteiger partial charge is 0.129 e. The summed E-state index contributed by atoms with van der Waals surface area (Å²) in [6.45, 7) is 3.88. The van der Waals surface area contributed by atoms with Gasteiger partial charge in [-0.15, -0.1) is 0 Å². The zero-order valence-electron chi connectivity index (χ0n) is 17.3. The first-order valence-corrected chi connectivity index (χ1v) is 11.0. The zero-order chi connectivity index (χ0) is 18.6. The third-order valence-electron chi connectivity index (χ3n) is 7.99. The molecule has 150 valence electrons. The van der Waals surface area contributed by atoms with Gasteiger partial charge in [0.25, 0.3) is 0 Å². The summed E-state index contributed by atoms with van der Waals surface area (Å²) in [7, 11) is 4.08. The third kappa shape index (κ3) is 4.27. The molecule has 4 atom stereocenters. The number of likely N-dealkylation sites (N-methyl/N-ethyl adjacent to an activating group) is 1. The predicted octanol–water partition coefficient (Wildman–Crippen LogP) is 4.47. The maximum atomic E-state index is 11.6. The molecule has 0 aliphatic heterocycles. The summed E-state index contributed by atoms with van der Waals surface area (Å²) in [5.74, 6) is 2.18. The van der Waals surface area contributed by atoms with E-state index in [1.54, 1.807) is 0 Å². The number of rotatable bonds is 7. The Hall–Kier alpha value is -0.610. The summed E-state index contributed by atoms with van der Waals surface area (Å²) < 4.78 is 0. The fourth-order valence-electron chi connectivity index (χ4n) is 6.08. The molecule has 0 saturated heterocycles. The third-order valence-corrected chi connectivity index (χ3v) is 7.99. The van der Waals surface area contributed by atoms with Gasteiger partial charge in [-0.1, -0.05) is 44.2 Å². The van der Waals surface area contributed by atoms with E-state index in [4.69, 9.17) is 4.84 Å². The molecular formula is C22H40N2O2. The Kier molecular flexibility index (Phi) is 6.66. The normalized spacial score (nSPS) is 38.8. The molecule has 0 bridgehead atoms. The van der Waals surface area contributed by atoms with E-state index in [1.165, 1.54) is 44.9 Å². The number of hydrogen-bond donors (Lipinski definition) is 1. The molecule has 3 aliphatic carbocycles. The molecule has 0 heterocycles. The van der Waals surface area contributed by atoms with Gasteiger partial charge in [0.05, 0.1) is 5.60 Å². The van der Waals surface area contributed by atoms with Gasteiger partial charge in [-0.2, -0.15) is 0 Å². The van der Waals surface area contributed by atoms with Gasteiger partial charge in [-0.25, -0.2) is 0 Å². The highest BCUT2D eigenvalue weighted by molar-refractivity contribution is 5.57. The van der Waals surface area contributed by atoms with E-state index >= 15 is 0 Å². The van der Waals surface area contributed by atoms with Gasteiger partial charge >= 0.3 is 0 Å². The number of aliphatic hydroxyl groups is 1. The molecule has 1 N–H and O–H groups in total. The molecule has 0 radical (unpaired) electrons. The highest BCUT2D eigenvalue weighted by Gasteiger charge is 2.58. The van der Waals surface area contributed by atoms with Crippen molar-refractivity contribution in [2.24, 2.45) is 28.3 Å². The first kappa shape index (κ1) is 20.1. The molecule has 0 aromatic carbocycles. The molecule has 0 aromatic rings. The van der Waals surface area contributed by atoms with E-state index in [0.717, 1.165) is 44.1 Å². The Morgan fingerprint density at radius 3 is 2.58 bits per heavy atom. The van der Waals surface area contributed by atoms with E-state index < -0.39 is 5.60 Å². The van der Waals surface area contributed by atoms with Gasteiger partial charge in [-0.05, 0) is 75.8 Å². The van der Waals surface area contributed by atoms with Gasteiger partial charge in [0, 0.05) is 12.8 Å². The number of fused-ring (bicyclic) bond motifs is 1. The molecule has 4 heteroatoms. The molecule has 0 amide bonds. The Morgan fingerprint density at radius 2 is 1.85 bits per heavy atom. The Morgan fingerprint density at radius 1 is 1.08 bits per heavy atom. The first-order chi connectivity index (χ1) is 12.4. The first-order valence-electron chi connectivity index (χ1n) is 11.0. The van der Waals surface area contributed by atoms with Crippen LogP contribution in [0.5, 0.6) is 0 Å². The van der Waals surface area contributed by atoms with Gasteiger partial charge in [0.1, 0.15) is 6.61 Å². The van der Waals surface area contributed by atoms with Crippen LogP contribution in [-0.2, 0) is 4.84 Å². The lowest BCUT2D eigenvalue weighted by Gasteiger charge is -2.51. The summed E-state index contributed by atoms with van der Waals surface area (Å²) in [6, 6.07) is 0. The van der Waals surface area contributed by atoms with Crippen molar-refractivity contribution in [3.05, 3.63) is 0 Å². The summed E-state index contributed by atoms with van der Waals surface area (Å²) >= 11 is 0. The molecule has 3 aliphatic rings. The molecule has 3 rings (SSSR count). The van der Waals surface area contributed by atoms with Crippen LogP contribution < -0.4 is 0 Å². The zero-order valence-corrected chi connectivity index (χ0v) is 17.3. The lowest BCUT2D eigenvalue weighted by molar-refractivity contribution is -0.122. The molecule has 0 aromatic heterocycles. The average molecular weight is 365 g/mol. The van der Waals surface area contributed by atoms with Crippen molar-refractivity contribution in [1.29, 1.82) is 0 Å². The largest absolute Gasteiger partial charge is 0.395 e. The topological polar surface area (TPSA) is 45.1 Å². The van der Waals surface area contributed by atoms with E-state index in [9.17, 15) is 5.11 Å². The molecule has 26 heavy (non-hydrogen) atoms. The number of oxime groups is 1. The van der Waals surface area contributed by atoms with Crippen LogP contribution >= 0.6 is 0 Å². The van der Waals surface area contributed by atoms with Crippen molar-refractivity contribution in [2.75, 3.05) is 27.2 Å². The second-order valence-electron chi connectivity index (χ2n) is 9.75. The van der Waals surface area contributed by atoms with E-state index in [2.05, 4.69) is 17.0 Å². The summed E-state index contributed by atoms with van der Waals surface area (Å²) in [6.07, 6.45) is 15.6. The van der Waals surface area contributed by atoms with E-state index in [0.29, 0.717) is 12.5 Å². The molecular weight excluding hydrogens is 324 g/mol. The predicted molar refractivity (Wildman–Crippen MR) is 107 cm³/mol. The molecule has 3 fully saturated rings. The van der Waals surface area contributed by atoms with Crippen LogP contribution in [0.25, 0.3) is 0 Å². The minimum absolute atomic E-state index is 0.0633. The number of hydrogen-bond acceptors (Lipinski definition) is 4. The average Bonchev–Trinajstić information content (AvgIpc) is 2.89. The fraction of sp³-hybridized carbons (Fsp3) is 0.955. The lowest BCUT2D eigenvalue weighted by atomic mass is 9.57. The van der Waals surface area contributed by atoms with E-state index in [-0.39, 0.29) is 5.41 Å². The molecule has 4 nitrogen and oxygen atoms in total. The maximum absolute atomic E-state index is 11.6. The lowest BCUT2D eigenvalue weighted by Crippen LogP contribution is -2.50. The Labute approximate surface area is 160 Å².